The highest BCUT2D eigenvalue weighted by Gasteiger charge is 2.32. The smallest absolute Gasteiger partial charge is 0.407 e. The molecule has 1 fully saturated rings. The molecule has 2 aromatic rings. The molecule has 1 aliphatic carbocycles. The van der Waals surface area contributed by atoms with Gasteiger partial charge in [-0.15, -0.1) is 0 Å². The number of para-hydroxylation sites is 1. The van der Waals surface area contributed by atoms with E-state index in [0.717, 1.165) is 23.5 Å². The zero-order chi connectivity index (χ0) is 15.7. The number of nitrogens with zero attached hydrogens (tertiary/aromatic N) is 1. The molecule has 1 saturated carbocycles. The molecule has 1 heterocycles. The standard InChI is InChI=1S/C16H21N3O2S/c1-16(2,3)21-15(20)18-11-8-10(9-11)17-14-19-12-6-4-5-7-13(12)22-14/h4-7,10-11H,8-9H2,1-3H3,(H,17,19)(H,18,20). The van der Waals surface area contributed by atoms with Crippen LogP contribution in [0.3, 0.4) is 0 Å². The number of amides is 1. The van der Waals surface area contributed by atoms with Crippen molar-refractivity contribution in [3.8, 4) is 0 Å². The molecule has 0 saturated heterocycles. The van der Waals surface area contributed by atoms with Crippen LogP contribution in [0.15, 0.2) is 24.3 Å². The van der Waals surface area contributed by atoms with E-state index in [-0.39, 0.29) is 12.1 Å². The van der Waals surface area contributed by atoms with Gasteiger partial charge in [0.05, 0.1) is 10.2 Å². The van der Waals surface area contributed by atoms with E-state index in [0.29, 0.717) is 6.04 Å². The number of nitrogens with one attached hydrogen (secondary N) is 2. The van der Waals surface area contributed by atoms with Gasteiger partial charge in [-0.2, -0.15) is 0 Å². The first-order chi connectivity index (χ1) is 10.4. The Balaban J connectivity index is 1.46. The van der Waals surface area contributed by atoms with Gasteiger partial charge in [-0.25, -0.2) is 9.78 Å². The summed E-state index contributed by atoms with van der Waals surface area (Å²) in [7, 11) is 0. The third-order valence-electron chi connectivity index (χ3n) is 3.48. The molecule has 0 aliphatic heterocycles. The minimum Gasteiger partial charge on any atom is -0.444 e. The van der Waals surface area contributed by atoms with E-state index in [4.69, 9.17) is 4.74 Å². The highest BCUT2D eigenvalue weighted by molar-refractivity contribution is 7.22. The van der Waals surface area contributed by atoms with Crippen molar-refractivity contribution in [2.24, 2.45) is 0 Å². The van der Waals surface area contributed by atoms with Crippen LogP contribution in [0.25, 0.3) is 10.2 Å². The number of thiazole rings is 1. The second-order valence-electron chi connectivity index (χ2n) is 6.64. The van der Waals surface area contributed by atoms with Crippen molar-refractivity contribution in [1.82, 2.24) is 10.3 Å². The fraction of sp³-hybridized carbons (Fsp3) is 0.500. The lowest BCUT2D eigenvalue weighted by molar-refractivity contribution is 0.0475. The molecule has 2 N–H and O–H groups in total. The molecule has 3 rings (SSSR count). The SMILES string of the molecule is CC(C)(C)OC(=O)NC1CC(Nc2nc3ccccc3s2)C1. The molecule has 0 spiro atoms. The summed E-state index contributed by atoms with van der Waals surface area (Å²) in [5, 5.41) is 7.28. The monoisotopic (exact) mass is 319 g/mol. The number of benzene rings is 1. The van der Waals surface area contributed by atoms with Gasteiger partial charge >= 0.3 is 6.09 Å². The molecular formula is C16H21N3O2S. The maximum absolute atomic E-state index is 11.7. The number of anilines is 1. The molecule has 1 aromatic heterocycles. The Morgan fingerprint density at radius 1 is 1.27 bits per heavy atom. The second kappa shape index (κ2) is 5.76. The molecule has 0 atom stereocenters. The van der Waals surface area contributed by atoms with E-state index in [2.05, 4.69) is 21.7 Å². The minimum atomic E-state index is -0.452. The molecule has 0 radical (unpaired) electrons. The molecule has 6 heteroatoms. The second-order valence-corrected chi connectivity index (χ2v) is 7.67. The fourth-order valence-corrected chi connectivity index (χ4v) is 3.38. The number of hydrogen-bond acceptors (Lipinski definition) is 5. The summed E-state index contributed by atoms with van der Waals surface area (Å²) in [5.74, 6) is 0. The normalized spacial score (nSPS) is 21.2. The van der Waals surface area contributed by atoms with Gasteiger partial charge < -0.3 is 15.4 Å². The Labute approximate surface area is 134 Å². The third-order valence-corrected chi connectivity index (χ3v) is 4.45. The summed E-state index contributed by atoms with van der Waals surface area (Å²) >= 11 is 1.66. The predicted molar refractivity (Wildman–Crippen MR) is 89.4 cm³/mol. The molecule has 5 nitrogen and oxygen atoms in total. The van der Waals surface area contributed by atoms with Gasteiger partial charge in [0.15, 0.2) is 5.13 Å². The lowest BCUT2D eigenvalue weighted by Crippen LogP contribution is -2.50. The van der Waals surface area contributed by atoms with Crippen molar-refractivity contribution >= 4 is 32.8 Å². The maximum Gasteiger partial charge on any atom is 0.407 e. The quantitative estimate of drug-likeness (QED) is 0.904. The zero-order valence-corrected chi connectivity index (χ0v) is 13.9. The molecule has 118 valence electrons. The van der Waals surface area contributed by atoms with E-state index < -0.39 is 5.60 Å². The number of carbonyl (C=O) groups excluding carboxylic acids is 1. The Morgan fingerprint density at radius 3 is 2.68 bits per heavy atom. The molecular weight excluding hydrogens is 298 g/mol. The summed E-state index contributed by atoms with van der Waals surface area (Å²) in [6, 6.07) is 8.66. The molecule has 0 unspecified atom stereocenters. The third kappa shape index (κ3) is 3.68. The average molecular weight is 319 g/mol. The largest absolute Gasteiger partial charge is 0.444 e. The number of hydrogen-bond donors (Lipinski definition) is 2. The van der Waals surface area contributed by atoms with Crippen LogP contribution >= 0.6 is 11.3 Å². The number of alkyl carbamates (subject to hydrolysis) is 1. The predicted octanol–water partition coefficient (Wildman–Crippen LogP) is 3.76. The summed E-state index contributed by atoms with van der Waals surface area (Å²) in [6.45, 7) is 5.60. The number of ether oxygens (including phenoxy) is 1. The van der Waals surface area contributed by atoms with Crippen molar-refractivity contribution < 1.29 is 9.53 Å². The van der Waals surface area contributed by atoms with E-state index in [9.17, 15) is 4.79 Å². The summed E-state index contributed by atoms with van der Waals surface area (Å²) in [5.41, 5.74) is 0.574. The number of fused-ring (bicyclic) bond motifs is 1. The lowest BCUT2D eigenvalue weighted by atomic mass is 9.87. The number of rotatable bonds is 3. The van der Waals surface area contributed by atoms with Crippen LogP contribution in [0.1, 0.15) is 33.6 Å². The minimum absolute atomic E-state index is 0.182. The van der Waals surface area contributed by atoms with Gasteiger partial charge in [-0.05, 0) is 45.7 Å². The van der Waals surface area contributed by atoms with E-state index in [1.54, 1.807) is 11.3 Å². The maximum atomic E-state index is 11.7. The van der Waals surface area contributed by atoms with Crippen LogP contribution in [0.2, 0.25) is 0 Å². The van der Waals surface area contributed by atoms with Gasteiger partial charge in [0.25, 0.3) is 0 Å². The van der Waals surface area contributed by atoms with E-state index >= 15 is 0 Å². The average Bonchev–Trinajstić information content (AvgIpc) is 2.76. The van der Waals surface area contributed by atoms with Gasteiger partial charge in [-0.3, -0.25) is 0 Å². The van der Waals surface area contributed by atoms with Crippen LogP contribution in [0, 0.1) is 0 Å². The highest BCUT2D eigenvalue weighted by Crippen LogP contribution is 2.30. The van der Waals surface area contributed by atoms with E-state index in [1.165, 1.54) is 4.70 Å². The fourth-order valence-electron chi connectivity index (χ4n) is 2.44. The van der Waals surface area contributed by atoms with Crippen LogP contribution in [-0.4, -0.2) is 28.8 Å². The van der Waals surface area contributed by atoms with Gasteiger partial charge in [-0.1, -0.05) is 23.5 Å². The van der Waals surface area contributed by atoms with Crippen LogP contribution in [0.4, 0.5) is 9.93 Å². The Morgan fingerprint density at radius 2 is 2.00 bits per heavy atom. The van der Waals surface area contributed by atoms with Crippen molar-refractivity contribution in [1.29, 1.82) is 0 Å². The Kier molecular flexibility index (Phi) is 3.95. The molecule has 22 heavy (non-hydrogen) atoms. The highest BCUT2D eigenvalue weighted by atomic mass is 32.1. The van der Waals surface area contributed by atoms with Crippen molar-refractivity contribution in [2.75, 3.05) is 5.32 Å². The molecule has 1 amide bonds. The van der Waals surface area contributed by atoms with Gasteiger partial charge in [0.1, 0.15) is 5.60 Å². The first-order valence-corrected chi connectivity index (χ1v) is 8.32. The lowest BCUT2D eigenvalue weighted by Gasteiger charge is -2.36. The first-order valence-electron chi connectivity index (χ1n) is 7.51. The van der Waals surface area contributed by atoms with Crippen LogP contribution in [0.5, 0.6) is 0 Å². The topological polar surface area (TPSA) is 63.2 Å². The number of carbonyl (C=O) groups is 1. The van der Waals surface area contributed by atoms with Gasteiger partial charge in [0.2, 0.25) is 0 Å². The Bertz CT molecular complexity index is 638. The zero-order valence-electron chi connectivity index (χ0n) is 13.1. The first kappa shape index (κ1) is 15.1. The van der Waals surface area contributed by atoms with Crippen LogP contribution < -0.4 is 10.6 Å². The summed E-state index contributed by atoms with van der Waals surface area (Å²) in [4.78, 5) is 16.2. The number of aromatic nitrogens is 1. The molecule has 0 bridgehead atoms. The summed E-state index contributed by atoms with van der Waals surface area (Å²) < 4.78 is 6.44. The van der Waals surface area contributed by atoms with Crippen molar-refractivity contribution in [3.63, 3.8) is 0 Å². The van der Waals surface area contributed by atoms with Crippen molar-refractivity contribution in [2.45, 2.75) is 51.3 Å². The summed E-state index contributed by atoms with van der Waals surface area (Å²) in [6.07, 6.45) is 1.46. The van der Waals surface area contributed by atoms with Crippen molar-refractivity contribution in [3.05, 3.63) is 24.3 Å². The Hall–Kier alpha value is -1.82. The van der Waals surface area contributed by atoms with E-state index in [1.807, 2.05) is 39.0 Å². The molecule has 1 aliphatic rings. The molecule has 1 aromatic carbocycles. The van der Waals surface area contributed by atoms with Gasteiger partial charge in [0, 0.05) is 12.1 Å². The van der Waals surface area contributed by atoms with Crippen LogP contribution in [-0.2, 0) is 4.74 Å².